The smallest absolute Gasteiger partial charge is 0.0456 e. The van der Waals surface area contributed by atoms with Crippen LogP contribution >= 0.6 is 0 Å². The first-order chi connectivity index (χ1) is 15.3. The predicted octanol–water partition coefficient (Wildman–Crippen LogP) is 8.45. The number of fused-ring (bicyclic) bond motifs is 5. The van der Waals surface area contributed by atoms with Crippen LogP contribution in [-0.4, -0.2) is 7.05 Å². The van der Waals surface area contributed by atoms with E-state index in [-0.39, 0.29) is 10.8 Å². The molecule has 6 rings (SSSR count). The van der Waals surface area contributed by atoms with Gasteiger partial charge in [-0.05, 0) is 69.8 Å². The number of nitrogens with zero attached hydrogens (tertiary/aromatic N) is 1. The average Bonchev–Trinajstić information content (AvgIpc) is 3.04. The molecule has 3 aromatic carbocycles. The summed E-state index contributed by atoms with van der Waals surface area (Å²) in [5.74, 6) is 0.741. The van der Waals surface area contributed by atoms with Crippen LogP contribution in [0.5, 0.6) is 0 Å². The van der Waals surface area contributed by atoms with E-state index in [1.165, 1.54) is 76.9 Å². The molecular formula is C31H35N. The van der Waals surface area contributed by atoms with Gasteiger partial charge in [-0.2, -0.15) is 0 Å². The predicted molar refractivity (Wildman–Crippen MR) is 136 cm³/mol. The number of benzene rings is 3. The Labute approximate surface area is 193 Å². The Bertz CT molecular complexity index is 1220. The third kappa shape index (κ3) is 2.63. The Morgan fingerprint density at radius 1 is 0.656 bits per heavy atom. The molecule has 0 N–H and O–H groups in total. The van der Waals surface area contributed by atoms with Gasteiger partial charge in [-0.3, -0.25) is 0 Å². The van der Waals surface area contributed by atoms with Crippen molar-refractivity contribution in [3.05, 3.63) is 82.4 Å². The molecule has 164 valence electrons. The second-order valence-corrected chi connectivity index (χ2v) is 11.4. The molecule has 0 aromatic heterocycles. The molecule has 0 spiro atoms. The van der Waals surface area contributed by atoms with Gasteiger partial charge in [-0.15, -0.1) is 0 Å². The van der Waals surface area contributed by atoms with E-state index in [4.69, 9.17) is 0 Å². The third-order valence-corrected chi connectivity index (χ3v) is 8.87. The zero-order valence-corrected chi connectivity index (χ0v) is 20.3. The Hall–Kier alpha value is -2.54. The van der Waals surface area contributed by atoms with E-state index in [9.17, 15) is 0 Å². The molecule has 0 unspecified atom stereocenters. The standard InChI is InChI=1S/C31H35N/c1-30(2)24-14-10-9-13-22(24)23-18-29-27(19-25(23)30)31(3,4)26-17-21(15-16-28(26)32(29)5)20-11-7-6-8-12-20/h9-10,13-20H,6-8,11-12H2,1-5H3. The molecule has 2 aliphatic carbocycles. The first-order valence-corrected chi connectivity index (χ1v) is 12.5. The summed E-state index contributed by atoms with van der Waals surface area (Å²) in [7, 11) is 2.26. The van der Waals surface area contributed by atoms with Crippen LogP contribution < -0.4 is 4.90 Å². The molecule has 3 aromatic rings. The summed E-state index contributed by atoms with van der Waals surface area (Å²) >= 11 is 0. The first-order valence-electron chi connectivity index (χ1n) is 12.5. The van der Waals surface area contributed by atoms with Crippen LogP contribution in [0.1, 0.15) is 93.5 Å². The van der Waals surface area contributed by atoms with Gasteiger partial charge >= 0.3 is 0 Å². The summed E-state index contributed by atoms with van der Waals surface area (Å²) < 4.78 is 0. The van der Waals surface area contributed by atoms with Crippen molar-refractivity contribution in [3.8, 4) is 11.1 Å². The third-order valence-electron chi connectivity index (χ3n) is 8.87. The molecule has 1 nitrogen and oxygen atoms in total. The summed E-state index contributed by atoms with van der Waals surface area (Å²) in [6, 6.07) is 21.4. The summed E-state index contributed by atoms with van der Waals surface area (Å²) in [6.07, 6.45) is 6.88. The second-order valence-electron chi connectivity index (χ2n) is 11.4. The molecule has 0 saturated heterocycles. The van der Waals surface area contributed by atoms with Gasteiger partial charge in [-0.1, -0.05) is 89.4 Å². The quantitative estimate of drug-likeness (QED) is 0.381. The lowest BCUT2D eigenvalue weighted by Crippen LogP contribution is -2.32. The van der Waals surface area contributed by atoms with Crippen molar-refractivity contribution in [3.63, 3.8) is 0 Å². The van der Waals surface area contributed by atoms with Gasteiger partial charge in [0.2, 0.25) is 0 Å². The highest BCUT2D eigenvalue weighted by atomic mass is 15.1. The molecular weight excluding hydrogens is 386 g/mol. The van der Waals surface area contributed by atoms with Crippen LogP contribution in [0.25, 0.3) is 11.1 Å². The lowest BCUT2D eigenvalue weighted by Gasteiger charge is -2.42. The molecule has 1 aliphatic heterocycles. The van der Waals surface area contributed by atoms with E-state index in [2.05, 4.69) is 94.2 Å². The first kappa shape index (κ1) is 20.1. The molecule has 1 fully saturated rings. The van der Waals surface area contributed by atoms with E-state index >= 15 is 0 Å². The highest BCUT2D eigenvalue weighted by molar-refractivity contribution is 5.88. The topological polar surface area (TPSA) is 3.24 Å². The Morgan fingerprint density at radius 3 is 2.12 bits per heavy atom. The maximum absolute atomic E-state index is 2.55. The number of anilines is 2. The van der Waals surface area contributed by atoms with Crippen LogP contribution in [0.3, 0.4) is 0 Å². The minimum absolute atomic E-state index is 0.0122. The highest BCUT2D eigenvalue weighted by Gasteiger charge is 2.41. The Morgan fingerprint density at radius 2 is 1.34 bits per heavy atom. The Balaban J connectivity index is 1.53. The summed E-state index contributed by atoms with van der Waals surface area (Å²) in [5, 5.41) is 0. The molecule has 32 heavy (non-hydrogen) atoms. The van der Waals surface area contributed by atoms with Crippen molar-refractivity contribution < 1.29 is 0 Å². The van der Waals surface area contributed by atoms with E-state index in [0.29, 0.717) is 0 Å². The van der Waals surface area contributed by atoms with Gasteiger partial charge in [0.15, 0.2) is 0 Å². The van der Waals surface area contributed by atoms with Crippen molar-refractivity contribution in [1.29, 1.82) is 0 Å². The van der Waals surface area contributed by atoms with Gasteiger partial charge in [0.1, 0.15) is 0 Å². The largest absolute Gasteiger partial charge is 0.344 e. The van der Waals surface area contributed by atoms with Crippen molar-refractivity contribution in [1.82, 2.24) is 0 Å². The van der Waals surface area contributed by atoms with Crippen LogP contribution in [0.15, 0.2) is 54.6 Å². The van der Waals surface area contributed by atoms with Crippen LogP contribution in [-0.2, 0) is 10.8 Å². The average molecular weight is 422 g/mol. The van der Waals surface area contributed by atoms with Crippen molar-refractivity contribution >= 4 is 11.4 Å². The van der Waals surface area contributed by atoms with E-state index in [1.54, 1.807) is 5.56 Å². The van der Waals surface area contributed by atoms with Gasteiger partial charge in [0, 0.05) is 29.3 Å². The fourth-order valence-electron chi connectivity index (χ4n) is 6.83. The van der Waals surface area contributed by atoms with Crippen molar-refractivity contribution in [2.24, 2.45) is 0 Å². The Kier molecular flexibility index (Phi) is 4.23. The normalized spacial score (nSPS) is 20.3. The van der Waals surface area contributed by atoms with Gasteiger partial charge in [0.05, 0.1) is 0 Å². The molecule has 0 radical (unpaired) electrons. The lowest BCUT2D eigenvalue weighted by atomic mass is 9.70. The zero-order chi connectivity index (χ0) is 22.3. The fourth-order valence-corrected chi connectivity index (χ4v) is 6.83. The highest BCUT2D eigenvalue weighted by Crippen LogP contribution is 2.55. The van der Waals surface area contributed by atoms with Crippen LogP contribution in [0.4, 0.5) is 11.4 Å². The minimum atomic E-state index is -0.0122. The number of rotatable bonds is 1. The maximum Gasteiger partial charge on any atom is 0.0456 e. The summed E-state index contributed by atoms with van der Waals surface area (Å²) in [5.41, 5.74) is 13.0. The van der Waals surface area contributed by atoms with Crippen molar-refractivity contribution in [2.45, 2.75) is 76.5 Å². The van der Waals surface area contributed by atoms with Gasteiger partial charge < -0.3 is 4.90 Å². The lowest BCUT2D eigenvalue weighted by molar-refractivity contribution is 0.443. The SMILES string of the molecule is CN1c2ccc(C3CCCCC3)cc2C(C)(C)c2cc3c(cc21)-c1ccccc1C3(C)C. The number of hydrogen-bond acceptors (Lipinski definition) is 1. The second kappa shape index (κ2) is 6.73. The monoisotopic (exact) mass is 421 g/mol. The fraction of sp³-hybridized carbons (Fsp3) is 0.419. The summed E-state index contributed by atoms with van der Waals surface area (Å²) in [4.78, 5) is 2.44. The molecule has 1 heterocycles. The minimum Gasteiger partial charge on any atom is -0.344 e. The van der Waals surface area contributed by atoms with Gasteiger partial charge in [-0.25, -0.2) is 0 Å². The molecule has 3 aliphatic rings. The summed E-state index contributed by atoms with van der Waals surface area (Å²) in [6.45, 7) is 9.64. The zero-order valence-electron chi connectivity index (χ0n) is 20.3. The van der Waals surface area contributed by atoms with E-state index in [0.717, 1.165) is 5.92 Å². The van der Waals surface area contributed by atoms with E-state index in [1.807, 2.05) is 0 Å². The molecule has 0 bridgehead atoms. The van der Waals surface area contributed by atoms with Crippen molar-refractivity contribution in [2.75, 3.05) is 11.9 Å². The maximum atomic E-state index is 2.55. The molecule has 1 saturated carbocycles. The van der Waals surface area contributed by atoms with Crippen LogP contribution in [0, 0.1) is 0 Å². The molecule has 1 heteroatoms. The molecule has 0 amide bonds. The van der Waals surface area contributed by atoms with Gasteiger partial charge in [0.25, 0.3) is 0 Å². The van der Waals surface area contributed by atoms with E-state index < -0.39 is 0 Å². The molecule has 0 atom stereocenters. The number of hydrogen-bond donors (Lipinski definition) is 0. The van der Waals surface area contributed by atoms with Crippen LogP contribution in [0.2, 0.25) is 0 Å².